The van der Waals surface area contributed by atoms with Crippen LogP contribution >= 0.6 is 22.6 Å². The van der Waals surface area contributed by atoms with E-state index in [1.165, 1.54) is 0 Å². The van der Waals surface area contributed by atoms with Gasteiger partial charge in [0.25, 0.3) is 0 Å². The van der Waals surface area contributed by atoms with E-state index in [9.17, 15) is 14.7 Å². The Bertz CT molecular complexity index is 554. The van der Waals surface area contributed by atoms with Gasteiger partial charge >= 0.3 is 5.97 Å². The van der Waals surface area contributed by atoms with E-state index in [1.807, 2.05) is 6.92 Å². The Hall–Kier alpha value is -1.15. The van der Waals surface area contributed by atoms with Crippen LogP contribution in [0.1, 0.15) is 36.5 Å². The number of nitrogens with one attached hydrogen (secondary N) is 2. The van der Waals surface area contributed by atoms with E-state index in [1.54, 1.807) is 18.2 Å². The number of carboxylic acids is 1. The Kier molecular flexibility index (Phi) is 5.21. The minimum absolute atomic E-state index is 0.0964. The molecule has 5 nitrogen and oxygen atoms in total. The third-order valence-corrected chi connectivity index (χ3v) is 4.76. The van der Waals surface area contributed by atoms with Gasteiger partial charge in [-0.3, -0.25) is 4.79 Å². The maximum absolute atomic E-state index is 12.6. The van der Waals surface area contributed by atoms with E-state index in [2.05, 4.69) is 33.2 Å². The summed E-state index contributed by atoms with van der Waals surface area (Å²) in [6.07, 6.45) is 2.52. The molecular weight excluding hydrogens is 383 g/mol. The van der Waals surface area contributed by atoms with Crippen LogP contribution in [0.4, 0.5) is 5.69 Å². The number of amides is 1. The number of aromatic carboxylic acids is 1. The van der Waals surface area contributed by atoms with E-state index >= 15 is 0 Å². The molecule has 0 bridgehead atoms. The molecule has 0 saturated carbocycles. The van der Waals surface area contributed by atoms with Crippen molar-refractivity contribution in [3.05, 3.63) is 27.3 Å². The Morgan fingerprint density at radius 1 is 1.48 bits per heavy atom. The Balaban J connectivity index is 2.24. The SMILES string of the molecule is CCC1(C(=O)Nc2ccc(I)cc2C(=O)O)CCCNC1. The lowest BCUT2D eigenvalue weighted by Crippen LogP contribution is -2.47. The Morgan fingerprint density at radius 3 is 2.81 bits per heavy atom. The van der Waals surface area contributed by atoms with Gasteiger partial charge in [0, 0.05) is 10.1 Å². The second-order valence-corrected chi connectivity index (χ2v) is 6.61. The first-order chi connectivity index (χ1) is 9.98. The minimum Gasteiger partial charge on any atom is -0.478 e. The minimum atomic E-state index is -1.03. The van der Waals surface area contributed by atoms with Crippen molar-refractivity contribution in [2.75, 3.05) is 18.4 Å². The summed E-state index contributed by atoms with van der Waals surface area (Å²) < 4.78 is 0.826. The van der Waals surface area contributed by atoms with Crippen LogP contribution in [-0.2, 0) is 4.79 Å². The fraction of sp³-hybridized carbons (Fsp3) is 0.467. The van der Waals surface area contributed by atoms with Crippen LogP contribution in [0.5, 0.6) is 0 Å². The second-order valence-electron chi connectivity index (χ2n) is 5.36. The highest BCUT2D eigenvalue weighted by atomic mass is 127. The van der Waals surface area contributed by atoms with Crippen molar-refractivity contribution < 1.29 is 14.7 Å². The van der Waals surface area contributed by atoms with Gasteiger partial charge in [-0.15, -0.1) is 0 Å². The summed E-state index contributed by atoms with van der Waals surface area (Å²) in [7, 11) is 0. The number of benzene rings is 1. The average Bonchev–Trinajstić information content (AvgIpc) is 2.49. The topological polar surface area (TPSA) is 78.4 Å². The van der Waals surface area contributed by atoms with Crippen LogP contribution in [0, 0.1) is 8.99 Å². The number of carbonyl (C=O) groups excluding carboxylic acids is 1. The molecule has 0 spiro atoms. The molecule has 1 unspecified atom stereocenters. The number of hydrogen-bond acceptors (Lipinski definition) is 3. The summed E-state index contributed by atoms with van der Waals surface area (Å²) in [6.45, 7) is 3.57. The van der Waals surface area contributed by atoms with Crippen LogP contribution in [0.25, 0.3) is 0 Å². The summed E-state index contributed by atoms with van der Waals surface area (Å²) in [5, 5.41) is 15.3. The van der Waals surface area contributed by atoms with Gasteiger partial charge in [-0.05, 0) is 66.6 Å². The third kappa shape index (κ3) is 3.55. The van der Waals surface area contributed by atoms with Crippen molar-refractivity contribution in [1.82, 2.24) is 5.32 Å². The first-order valence-corrected chi connectivity index (χ1v) is 8.11. The molecule has 1 aromatic rings. The maximum atomic E-state index is 12.6. The molecule has 1 aliphatic heterocycles. The van der Waals surface area contributed by atoms with Gasteiger partial charge in [0.1, 0.15) is 0 Å². The predicted octanol–water partition coefficient (Wildman–Crippen LogP) is 2.71. The van der Waals surface area contributed by atoms with Gasteiger partial charge in [0.05, 0.1) is 16.7 Å². The molecule has 21 heavy (non-hydrogen) atoms. The van der Waals surface area contributed by atoms with E-state index in [0.717, 1.165) is 29.4 Å². The van der Waals surface area contributed by atoms with E-state index in [0.29, 0.717) is 12.2 Å². The predicted molar refractivity (Wildman–Crippen MR) is 89.6 cm³/mol. The molecule has 1 aliphatic rings. The highest BCUT2D eigenvalue weighted by molar-refractivity contribution is 14.1. The Morgan fingerprint density at radius 2 is 2.24 bits per heavy atom. The molecule has 1 fully saturated rings. The zero-order chi connectivity index (χ0) is 15.5. The summed E-state index contributed by atoms with van der Waals surface area (Å²) in [5.74, 6) is -1.13. The summed E-state index contributed by atoms with van der Waals surface area (Å²) in [5.41, 5.74) is 0.0494. The third-order valence-electron chi connectivity index (χ3n) is 4.09. The molecule has 1 aromatic carbocycles. The number of carboxylic acid groups (broad SMARTS) is 1. The Labute approximate surface area is 137 Å². The van der Waals surface area contributed by atoms with Crippen LogP contribution in [0.3, 0.4) is 0 Å². The van der Waals surface area contributed by atoms with Crippen LogP contribution < -0.4 is 10.6 Å². The molecule has 0 aromatic heterocycles. The number of rotatable bonds is 4. The average molecular weight is 402 g/mol. The van der Waals surface area contributed by atoms with Crippen molar-refractivity contribution >= 4 is 40.2 Å². The fourth-order valence-corrected chi connectivity index (χ4v) is 3.17. The number of halogens is 1. The van der Waals surface area contributed by atoms with Crippen molar-refractivity contribution in [2.24, 2.45) is 5.41 Å². The number of anilines is 1. The van der Waals surface area contributed by atoms with Crippen LogP contribution in [0.15, 0.2) is 18.2 Å². The number of carbonyl (C=O) groups is 2. The maximum Gasteiger partial charge on any atom is 0.337 e. The molecule has 1 heterocycles. The monoisotopic (exact) mass is 402 g/mol. The number of hydrogen-bond donors (Lipinski definition) is 3. The van der Waals surface area contributed by atoms with Crippen molar-refractivity contribution in [3.63, 3.8) is 0 Å². The van der Waals surface area contributed by atoms with Gasteiger partial charge in [0.15, 0.2) is 0 Å². The highest BCUT2D eigenvalue weighted by Crippen LogP contribution is 2.32. The molecule has 1 amide bonds. The van der Waals surface area contributed by atoms with Gasteiger partial charge in [-0.25, -0.2) is 4.79 Å². The van der Waals surface area contributed by atoms with Crippen molar-refractivity contribution in [1.29, 1.82) is 0 Å². The number of piperidine rings is 1. The molecule has 1 saturated heterocycles. The molecule has 1 atom stereocenters. The first kappa shape index (κ1) is 16.2. The second kappa shape index (κ2) is 6.74. The van der Waals surface area contributed by atoms with Crippen LogP contribution in [0.2, 0.25) is 0 Å². The molecule has 6 heteroatoms. The summed E-state index contributed by atoms with van der Waals surface area (Å²) in [6, 6.07) is 5.01. The quantitative estimate of drug-likeness (QED) is 0.677. The van der Waals surface area contributed by atoms with Crippen molar-refractivity contribution in [2.45, 2.75) is 26.2 Å². The van der Waals surface area contributed by atoms with Gasteiger partial charge in [0.2, 0.25) is 5.91 Å². The van der Waals surface area contributed by atoms with Gasteiger partial charge in [-0.2, -0.15) is 0 Å². The normalized spacial score (nSPS) is 21.8. The zero-order valence-electron chi connectivity index (χ0n) is 11.9. The molecular formula is C15H19IN2O3. The van der Waals surface area contributed by atoms with Gasteiger partial charge in [-0.1, -0.05) is 6.92 Å². The molecule has 114 valence electrons. The molecule has 0 radical (unpaired) electrons. The fourth-order valence-electron chi connectivity index (χ4n) is 2.68. The largest absolute Gasteiger partial charge is 0.478 e. The molecule has 2 rings (SSSR count). The lowest BCUT2D eigenvalue weighted by atomic mass is 9.77. The van der Waals surface area contributed by atoms with E-state index < -0.39 is 11.4 Å². The van der Waals surface area contributed by atoms with Crippen LogP contribution in [-0.4, -0.2) is 30.1 Å². The lowest BCUT2D eigenvalue weighted by molar-refractivity contribution is -0.126. The van der Waals surface area contributed by atoms with Gasteiger partial charge < -0.3 is 15.7 Å². The molecule has 3 N–H and O–H groups in total. The summed E-state index contributed by atoms with van der Waals surface area (Å²) in [4.78, 5) is 23.9. The summed E-state index contributed by atoms with van der Waals surface area (Å²) >= 11 is 2.06. The standard InChI is InChI=1S/C15H19IN2O3/c1-2-15(6-3-7-17-9-15)14(21)18-12-5-4-10(16)8-11(12)13(19)20/h4-5,8,17H,2-3,6-7,9H2,1H3,(H,18,21)(H,19,20). The lowest BCUT2D eigenvalue weighted by Gasteiger charge is -2.35. The van der Waals surface area contributed by atoms with Crippen molar-refractivity contribution in [3.8, 4) is 0 Å². The smallest absolute Gasteiger partial charge is 0.337 e. The molecule has 0 aliphatic carbocycles. The highest BCUT2D eigenvalue weighted by Gasteiger charge is 2.38. The van der Waals surface area contributed by atoms with E-state index in [4.69, 9.17) is 0 Å². The van der Waals surface area contributed by atoms with E-state index in [-0.39, 0.29) is 11.5 Å². The zero-order valence-corrected chi connectivity index (χ0v) is 14.1. The first-order valence-electron chi connectivity index (χ1n) is 7.03.